The van der Waals surface area contributed by atoms with Gasteiger partial charge in [-0.2, -0.15) is 5.10 Å². The van der Waals surface area contributed by atoms with Crippen molar-refractivity contribution in [1.82, 2.24) is 9.78 Å². The van der Waals surface area contributed by atoms with Crippen LogP contribution in [-0.2, 0) is 13.6 Å². The van der Waals surface area contributed by atoms with Crippen LogP contribution in [0.3, 0.4) is 0 Å². The lowest BCUT2D eigenvalue weighted by Gasteiger charge is -2.22. The van der Waals surface area contributed by atoms with Gasteiger partial charge in [0.1, 0.15) is 5.82 Å². The predicted octanol–water partition coefficient (Wildman–Crippen LogP) is 2.71. The van der Waals surface area contributed by atoms with E-state index in [2.05, 4.69) is 5.10 Å². The number of benzene rings is 1. The molecule has 0 amide bonds. The van der Waals surface area contributed by atoms with Crippen LogP contribution < -0.4 is 4.90 Å². The molecule has 0 saturated heterocycles. The van der Waals surface area contributed by atoms with E-state index in [1.165, 1.54) is 13.0 Å². The number of hydrogen-bond donors (Lipinski definition) is 0. The molecule has 0 fully saturated rings. The Hall–Kier alpha value is -2.17. The van der Waals surface area contributed by atoms with E-state index in [1.54, 1.807) is 23.9 Å². The van der Waals surface area contributed by atoms with E-state index in [4.69, 9.17) is 0 Å². The summed E-state index contributed by atoms with van der Waals surface area (Å²) in [6.07, 6.45) is 3.70. The van der Waals surface area contributed by atoms with Gasteiger partial charge in [-0.15, -0.1) is 0 Å². The van der Waals surface area contributed by atoms with Crippen LogP contribution in [0.15, 0.2) is 24.5 Å². The molecule has 1 aromatic heterocycles. The molecule has 5 heteroatoms. The summed E-state index contributed by atoms with van der Waals surface area (Å²) in [6.45, 7) is 3.76. The molecule has 1 heterocycles. The van der Waals surface area contributed by atoms with Gasteiger partial charge < -0.3 is 4.90 Å². The van der Waals surface area contributed by atoms with Gasteiger partial charge >= 0.3 is 0 Å². The highest BCUT2D eigenvalue weighted by Crippen LogP contribution is 2.25. The number of rotatable bonds is 4. The monoisotopic (exact) mass is 275 g/mol. The number of aromatic nitrogens is 2. The van der Waals surface area contributed by atoms with Crippen LogP contribution in [0.4, 0.5) is 10.1 Å². The Bertz CT molecular complexity index is 649. The highest BCUT2D eigenvalue weighted by molar-refractivity contribution is 5.99. The van der Waals surface area contributed by atoms with Gasteiger partial charge in [0, 0.05) is 43.7 Å². The number of carbonyl (C=O) groups is 1. The molecule has 0 aliphatic heterocycles. The zero-order chi connectivity index (χ0) is 14.9. The SMILES string of the molecule is CC(=O)c1cc(F)c(C)cc1N(C)Cc1cnn(C)c1. The minimum atomic E-state index is -0.353. The molecule has 0 bridgehead atoms. The third kappa shape index (κ3) is 2.87. The summed E-state index contributed by atoms with van der Waals surface area (Å²) in [5.41, 5.74) is 2.70. The normalized spacial score (nSPS) is 10.7. The molecule has 0 unspecified atom stereocenters. The number of Topliss-reactive ketones (excluding diaryl/α,β-unsaturated/α-hetero) is 1. The molecule has 20 heavy (non-hydrogen) atoms. The average Bonchev–Trinajstić information content (AvgIpc) is 2.77. The topological polar surface area (TPSA) is 38.1 Å². The van der Waals surface area contributed by atoms with Gasteiger partial charge in [-0.05, 0) is 31.5 Å². The summed E-state index contributed by atoms with van der Waals surface area (Å²) in [5, 5.41) is 4.12. The van der Waals surface area contributed by atoms with Crippen LogP contribution in [0, 0.1) is 12.7 Å². The molecular weight excluding hydrogens is 257 g/mol. The molecule has 0 atom stereocenters. The maximum absolute atomic E-state index is 13.6. The number of anilines is 1. The predicted molar refractivity (Wildman–Crippen MR) is 76.5 cm³/mol. The van der Waals surface area contributed by atoms with Gasteiger partial charge in [0.25, 0.3) is 0 Å². The third-order valence-corrected chi connectivity index (χ3v) is 3.25. The van der Waals surface area contributed by atoms with Crippen LogP contribution in [0.5, 0.6) is 0 Å². The summed E-state index contributed by atoms with van der Waals surface area (Å²) >= 11 is 0. The van der Waals surface area contributed by atoms with Crippen LogP contribution in [0.2, 0.25) is 0 Å². The van der Waals surface area contributed by atoms with Crippen LogP contribution in [0.25, 0.3) is 0 Å². The number of carbonyl (C=O) groups excluding carboxylic acids is 1. The molecule has 0 spiro atoms. The second kappa shape index (κ2) is 5.45. The van der Waals surface area contributed by atoms with E-state index in [1.807, 2.05) is 25.2 Å². The van der Waals surface area contributed by atoms with Gasteiger partial charge in [-0.25, -0.2) is 4.39 Å². The van der Waals surface area contributed by atoms with E-state index in [-0.39, 0.29) is 11.6 Å². The highest BCUT2D eigenvalue weighted by Gasteiger charge is 2.15. The molecule has 106 valence electrons. The van der Waals surface area contributed by atoms with Crippen molar-refractivity contribution >= 4 is 11.5 Å². The lowest BCUT2D eigenvalue weighted by atomic mass is 10.0. The molecule has 1 aromatic carbocycles. The van der Waals surface area contributed by atoms with Crippen molar-refractivity contribution in [2.75, 3.05) is 11.9 Å². The second-order valence-corrected chi connectivity index (χ2v) is 5.05. The fourth-order valence-electron chi connectivity index (χ4n) is 2.18. The van der Waals surface area contributed by atoms with Crippen molar-refractivity contribution in [2.45, 2.75) is 20.4 Å². The van der Waals surface area contributed by atoms with Crippen LogP contribution in [-0.4, -0.2) is 22.6 Å². The average molecular weight is 275 g/mol. The third-order valence-electron chi connectivity index (χ3n) is 3.25. The minimum Gasteiger partial charge on any atom is -0.370 e. The summed E-state index contributed by atoms with van der Waals surface area (Å²) in [7, 11) is 3.73. The molecule has 0 N–H and O–H groups in total. The molecule has 0 radical (unpaired) electrons. The van der Waals surface area contributed by atoms with Gasteiger partial charge in [-0.1, -0.05) is 0 Å². The Balaban J connectivity index is 2.35. The zero-order valence-electron chi connectivity index (χ0n) is 12.1. The summed E-state index contributed by atoms with van der Waals surface area (Å²) < 4.78 is 15.4. The number of halogens is 1. The maximum Gasteiger partial charge on any atom is 0.161 e. The molecule has 2 rings (SSSR count). The van der Waals surface area contributed by atoms with E-state index >= 15 is 0 Å². The maximum atomic E-state index is 13.6. The van der Waals surface area contributed by atoms with Gasteiger partial charge in [0.15, 0.2) is 5.78 Å². The van der Waals surface area contributed by atoms with Crippen molar-refractivity contribution in [3.8, 4) is 0 Å². The first-order valence-corrected chi connectivity index (χ1v) is 6.38. The van der Waals surface area contributed by atoms with Crippen LogP contribution in [0.1, 0.15) is 28.4 Å². The van der Waals surface area contributed by atoms with E-state index in [0.29, 0.717) is 17.7 Å². The Morgan fingerprint density at radius 2 is 2.15 bits per heavy atom. The lowest BCUT2D eigenvalue weighted by Crippen LogP contribution is -2.19. The molecule has 4 nitrogen and oxygen atoms in total. The van der Waals surface area contributed by atoms with Crippen molar-refractivity contribution in [3.05, 3.63) is 47.0 Å². The zero-order valence-corrected chi connectivity index (χ0v) is 12.1. The molecule has 0 aliphatic carbocycles. The molecule has 0 saturated carbocycles. The first-order valence-electron chi connectivity index (χ1n) is 6.38. The van der Waals surface area contributed by atoms with Crippen molar-refractivity contribution in [2.24, 2.45) is 7.05 Å². The Kier molecular flexibility index (Phi) is 3.88. The molecule has 0 aliphatic rings. The Labute approximate surface area is 117 Å². The lowest BCUT2D eigenvalue weighted by molar-refractivity contribution is 0.101. The number of aryl methyl sites for hydroxylation is 2. The standard InChI is InChI=1S/C15H18FN3O/c1-10-5-15(13(11(2)20)6-14(10)16)18(3)8-12-7-17-19(4)9-12/h5-7,9H,8H2,1-4H3. The van der Waals surface area contributed by atoms with E-state index in [0.717, 1.165) is 11.3 Å². The molecular formula is C15H18FN3O. The minimum absolute atomic E-state index is 0.142. The first-order chi connectivity index (χ1) is 9.38. The number of ketones is 1. The fraction of sp³-hybridized carbons (Fsp3) is 0.333. The van der Waals surface area contributed by atoms with Gasteiger partial charge in [0.05, 0.1) is 6.20 Å². The van der Waals surface area contributed by atoms with E-state index in [9.17, 15) is 9.18 Å². The smallest absolute Gasteiger partial charge is 0.161 e. The van der Waals surface area contributed by atoms with Crippen molar-refractivity contribution < 1.29 is 9.18 Å². The number of hydrogen-bond acceptors (Lipinski definition) is 3. The summed E-state index contributed by atoms with van der Waals surface area (Å²) in [6, 6.07) is 3.02. The van der Waals surface area contributed by atoms with Crippen molar-refractivity contribution in [3.63, 3.8) is 0 Å². The van der Waals surface area contributed by atoms with Gasteiger partial charge in [0.2, 0.25) is 0 Å². The first kappa shape index (κ1) is 14.2. The number of nitrogens with zero attached hydrogens (tertiary/aromatic N) is 3. The highest BCUT2D eigenvalue weighted by atomic mass is 19.1. The summed E-state index contributed by atoms with van der Waals surface area (Å²) in [5.74, 6) is -0.495. The van der Waals surface area contributed by atoms with Gasteiger partial charge in [-0.3, -0.25) is 9.48 Å². The fourth-order valence-corrected chi connectivity index (χ4v) is 2.18. The molecule has 2 aromatic rings. The van der Waals surface area contributed by atoms with E-state index < -0.39 is 0 Å². The largest absolute Gasteiger partial charge is 0.370 e. The summed E-state index contributed by atoms with van der Waals surface area (Å²) in [4.78, 5) is 13.6. The quantitative estimate of drug-likeness (QED) is 0.805. The van der Waals surface area contributed by atoms with Crippen molar-refractivity contribution in [1.29, 1.82) is 0 Å². The second-order valence-electron chi connectivity index (χ2n) is 5.05. The Morgan fingerprint density at radius 3 is 2.70 bits per heavy atom. The van der Waals surface area contributed by atoms with Crippen LogP contribution >= 0.6 is 0 Å². The Morgan fingerprint density at radius 1 is 1.45 bits per heavy atom.